The summed E-state index contributed by atoms with van der Waals surface area (Å²) in [5, 5.41) is 8.69. The molecule has 0 fully saturated rings. The second-order valence-electron chi connectivity index (χ2n) is 6.64. The van der Waals surface area contributed by atoms with Gasteiger partial charge < -0.3 is 16.0 Å². The molecular weight excluding hydrogens is 466 g/mol. The first-order chi connectivity index (χ1) is 15.1. The average Bonchev–Trinajstić information content (AvgIpc) is 2.74. The van der Waals surface area contributed by atoms with Crippen molar-refractivity contribution in [2.45, 2.75) is 6.18 Å². The zero-order chi connectivity index (χ0) is 23.3. The molecule has 10 heteroatoms. The Hall–Kier alpha value is -3.23. The van der Waals surface area contributed by atoms with Gasteiger partial charge in [0.05, 0.1) is 22.2 Å². The van der Waals surface area contributed by atoms with E-state index in [1.54, 1.807) is 30.3 Å². The Bertz CT molecular complexity index is 1150. The number of halogens is 5. The van der Waals surface area contributed by atoms with E-state index in [1.165, 1.54) is 24.3 Å². The van der Waals surface area contributed by atoms with Crippen molar-refractivity contribution in [2.75, 3.05) is 22.5 Å². The number of hydrogen-bond donors (Lipinski definition) is 3. The zero-order valence-electron chi connectivity index (χ0n) is 16.3. The van der Waals surface area contributed by atoms with E-state index in [4.69, 9.17) is 23.2 Å². The number of carbonyl (C=O) groups is 2. The number of nitrogens with one attached hydrogen (secondary N) is 3. The predicted molar refractivity (Wildman–Crippen MR) is 119 cm³/mol. The van der Waals surface area contributed by atoms with Crippen molar-refractivity contribution in [2.24, 2.45) is 0 Å². The van der Waals surface area contributed by atoms with Crippen LogP contribution in [0, 0.1) is 0 Å². The molecule has 0 heterocycles. The molecule has 0 bridgehead atoms. The summed E-state index contributed by atoms with van der Waals surface area (Å²) in [6.07, 6.45) is -4.52. The van der Waals surface area contributed by atoms with Gasteiger partial charge in [0.1, 0.15) is 0 Å². The maximum atomic E-state index is 12.8. The summed E-state index contributed by atoms with van der Waals surface area (Å²) in [4.78, 5) is 24.6. The van der Waals surface area contributed by atoms with Crippen LogP contribution in [0.15, 0.2) is 66.7 Å². The van der Waals surface area contributed by atoms with Crippen molar-refractivity contribution >= 4 is 52.1 Å². The molecule has 0 radical (unpaired) electrons. The van der Waals surface area contributed by atoms with Gasteiger partial charge in [-0.25, -0.2) is 0 Å². The lowest BCUT2D eigenvalue weighted by molar-refractivity contribution is -0.137. The molecule has 0 aliphatic carbocycles. The first-order valence-electron chi connectivity index (χ1n) is 9.19. The lowest BCUT2D eigenvalue weighted by atomic mass is 10.1. The Labute approximate surface area is 191 Å². The molecule has 3 N–H and O–H groups in total. The van der Waals surface area contributed by atoms with E-state index < -0.39 is 17.6 Å². The number of benzene rings is 3. The fourth-order valence-electron chi connectivity index (χ4n) is 2.71. The summed E-state index contributed by atoms with van der Waals surface area (Å²) in [6, 6.07) is 15.2. The highest BCUT2D eigenvalue weighted by atomic mass is 35.5. The van der Waals surface area contributed by atoms with Crippen LogP contribution in [0.2, 0.25) is 10.0 Å². The van der Waals surface area contributed by atoms with Crippen LogP contribution in [0.5, 0.6) is 0 Å². The van der Waals surface area contributed by atoms with Gasteiger partial charge in [-0.05, 0) is 54.6 Å². The second-order valence-corrected chi connectivity index (χ2v) is 7.46. The van der Waals surface area contributed by atoms with Gasteiger partial charge in [-0.15, -0.1) is 0 Å². The van der Waals surface area contributed by atoms with Crippen LogP contribution in [-0.2, 0) is 11.0 Å². The monoisotopic (exact) mass is 481 g/mol. The van der Waals surface area contributed by atoms with Crippen LogP contribution in [-0.4, -0.2) is 18.4 Å². The second kappa shape index (κ2) is 9.93. The largest absolute Gasteiger partial charge is 0.416 e. The van der Waals surface area contributed by atoms with Gasteiger partial charge in [-0.2, -0.15) is 13.2 Å². The Kier molecular flexibility index (Phi) is 7.27. The van der Waals surface area contributed by atoms with Gasteiger partial charge in [0.15, 0.2) is 0 Å². The lowest BCUT2D eigenvalue weighted by Crippen LogP contribution is -2.22. The molecule has 0 saturated heterocycles. The van der Waals surface area contributed by atoms with Crippen LogP contribution in [0.4, 0.5) is 30.2 Å². The fraction of sp³-hybridized carbons (Fsp3) is 0.0909. The number of anilines is 3. The van der Waals surface area contributed by atoms with Crippen molar-refractivity contribution < 1.29 is 22.8 Å². The van der Waals surface area contributed by atoms with E-state index in [2.05, 4.69) is 16.0 Å². The van der Waals surface area contributed by atoms with E-state index in [0.717, 1.165) is 12.1 Å². The topological polar surface area (TPSA) is 70.2 Å². The maximum absolute atomic E-state index is 12.8. The van der Waals surface area contributed by atoms with Crippen molar-refractivity contribution in [3.05, 3.63) is 87.9 Å². The molecule has 166 valence electrons. The summed E-state index contributed by atoms with van der Waals surface area (Å²) in [7, 11) is 0. The van der Waals surface area contributed by atoms with Gasteiger partial charge in [0.25, 0.3) is 5.91 Å². The first kappa shape index (κ1) is 23.4. The normalized spacial score (nSPS) is 11.0. The summed E-state index contributed by atoms with van der Waals surface area (Å²) >= 11 is 11.8. The first-order valence-corrected chi connectivity index (χ1v) is 9.95. The SMILES string of the molecule is O=C(CNc1ccc(Cl)c(Cl)c1)Nc1cccc(C(=O)Nc2cccc(C(F)(F)F)c2)c1. The molecule has 0 aliphatic heterocycles. The lowest BCUT2D eigenvalue weighted by Gasteiger charge is -2.11. The van der Waals surface area contributed by atoms with Crippen LogP contribution in [0.3, 0.4) is 0 Å². The molecular formula is C22H16Cl2F3N3O2. The third-order valence-electron chi connectivity index (χ3n) is 4.23. The van der Waals surface area contributed by atoms with Crippen LogP contribution < -0.4 is 16.0 Å². The molecule has 0 aromatic heterocycles. The zero-order valence-corrected chi connectivity index (χ0v) is 17.8. The van der Waals surface area contributed by atoms with E-state index in [0.29, 0.717) is 21.4 Å². The summed E-state index contributed by atoms with van der Waals surface area (Å²) in [6.45, 7) is -0.0708. The Morgan fingerprint density at radius 1 is 0.781 bits per heavy atom. The summed E-state index contributed by atoms with van der Waals surface area (Å²) in [5.74, 6) is -0.999. The number of alkyl halides is 3. The van der Waals surface area contributed by atoms with Crippen molar-refractivity contribution in [3.8, 4) is 0 Å². The highest BCUT2D eigenvalue weighted by Gasteiger charge is 2.30. The molecule has 0 aliphatic rings. The molecule has 32 heavy (non-hydrogen) atoms. The van der Waals surface area contributed by atoms with Gasteiger partial charge in [0.2, 0.25) is 5.91 Å². The number of carbonyl (C=O) groups excluding carboxylic acids is 2. The minimum Gasteiger partial charge on any atom is -0.376 e. The van der Waals surface area contributed by atoms with E-state index in [9.17, 15) is 22.8 Å². The van der Waals surface area contributed by atoms with Crippen LogP contribution in [0.25, 0.3) is 0 Å². The molecule has 2 amide bonds. The van der Waals surface area contributed by atoms with Crippen molar-refractivity contribution in [1.82, 2.24) is 0 Å². The minimum atomic E-state index is -4.52. The van der Waals surface area contributed by atoms with Crippen molar-refractivity contribution in [3.63, 3.8) is 0 Å². The fourth-order valence-corrected chi connectivity index (χ4v) is 3.01. The highest BCUT2D eigenvalue weighted by molar-refractivity contribution is 6.42. The molecule has 0 spiro atoms. The van der Waals surface area contributed by atoms with Crippen LogP contribution in [0.1, 0.15) is 15.9 Å². The van der Waals surface area contributed by atoms with Gasteiger partial charge in [0, 0.05) is 22.6 Å². The highest BCUT2D eigenvalue weighted by Crippen LogP contribution is 2.31. The average molecular weight is 482 g/mol. The summed E-state index contributed by atoms with van der Waals surface area (Å²) < 4.78 is 38.5. The quantitative estimate of drug-likeness (QED) is 0.386. The third-order valence-corrected chi connectivity index (χ3v) is 4.97. The molecule has 5 nitrogen and oxygen atoms in total. The predicted octanol–water partition coefficient (Wildman–Crippen LogP) is 6.32. The third kappa shape index (κ3) is 6.38. The minimum absolute atomic E-state index is 0.00471. The Morgan fingerprint density at radius 2 is 1.47 bits per heavy atom. The van der Waals surface area contributed by atoms with E-state index in [-0.39, 0.29) is 23.7 Å². The Morgan fingerprint density at radius 3 is 2.16 bits per heavy atom. The molecule has 0 atom stereocenters. The van der Waals surface area contributed by atoms with Gasteiger partial charge in [-0.3, -0.25) is 9.59 Å². The molecule has 3 aromatic rings. The smallest absolute Gasteiger partial charge is 0.376 e. The number of rotatable bonds is 6. The maximum Gasteiger partial charge on any atom is 0.416 e. The molecule has 0 saturated carbocycles. The molecule has 0 unspecified atom stereocenters. The van der Waals surface area contributed by atoms with E-state index in [1.807, 2.05) is 0 Å². The number of hydrogen-bond acceptors (Lipinski definition) is 3. The van der Waals surface area contributed by atoms with Gasteiger partial charge in [-0.1, -0.05) is 35.3 Å². The van der Waals surface area contributed by atoms with Crippen LogP contribution >= 0.6 is 23.2 Å². The summed E-state index contributed by atoms with van der Waals surface area (Å²) in [5.41, 5.74) is 0.250. The van der Waals surface area contributed by atoms with E-state index >= 15 is 0 Å². The standard InChI is InChI=1S/C22H16Cl2F3N3O2/c23-18-8-7-15(11-19(18)24)28-12-20(31)29-16-5-1-3-13(9-16)21(32)30-17-6-2-4-14(10-17)22(25,26)27/h1-11,28H,12H2,(H,29,31)(H,30,32). The molecule has 3 rings (SSSR count). The van der Waals surface area contributed by atoms with Gasteiger partial charge >= 0.3 is 6.18 Å². The number of amides is 2. The molecule has 3 aromatic carbocycles. The van der Waals surface area contributed by atoms with Crippen molar-refractivity contribution in [1.29, 1.82) is 0 Å². The Balaban J connectivity index is 1.61.